The molecule has 0 bridgehead atoms. The molecule has 2 aromatic rings. The van der Waals surface area contributed by atoms with E-state index in [9.17, 15) is 5.26 Å². The molecule has 0 aliphatic carbocycles. The normalized spacial score (nSPS) is 13.0. The van der Waals surface area contributed by atoms with E-state index in [1.807, 2.05) is 31.2 Å². The Kier molecular flexibility index (Phi) is 4.84. The average Bonchev–Trinajstić information content (AvgIpc) is 2.78. The van der Waals surface area contributed by atoms with Crippen molar-refractivity contribution in [3.8, 4) is 16.6 Å². The molecule has 110 valence electrons. The number of nitrogens with zero attached hydrogens (tertiary/aromatic N) is 2. The van der Waals surface area contributed by atoms with Gasteiger partial charge in [0.2, 0.25) is 0 Å². The number of hydrogen-bond donors (Lipinski definition) is 0. The smallest absolute Gasteiger partial charge is 0.186 e. The number of aryl methyl sites for hydroxylation is 1. The lowest BCUT2D eigenvalue weighted by Crippen LogP contribution is -2.27. The quantitative estimate of drug-likeness (QED) is 0.722. The van der Waals surface area contributed by atoms with Crippen molar-refractivity contribution in [3.63, 3.8) is 0 Å². The highest BCUT2D eigenvalue weighted by molar-refractivity contribution is 7.15. The van der Waals surface area contributed by atoms with Crippen molar-refractivity contribution < 1.29 is 4.43 Å². The van der Waals surface area contributed by atoms with Gasteiger partial charge in [0.15, 0.2) is 14.4 Å². The Hall–Kier alpha value is -1.19. The van der Waals surface area contributed by atoms with E-state index in [-0.39, 0.29) is 0 Å². The fraction of sp³-hybridized carbons (Fsp3) is 0.333. The van der Waals surface area contributed by atoms with Gasteiger partial charge in [-0.15, -0.1) is 11.3 Å². The summed E-state index contributed by atoms with van der Waals surface area (Å²) in [5.41, 5.74) is 1.86. The molecule has 1 heterocycles. The van der Waals surface area contributed by atoms with Crippen LogP contribution < -0.4 is 0 Å². The largest absolute Gasteiger partial charge is 0.398 e. The van der Waals surface area contributed by atoms with E-state index in [1.54, 1.807) is 0 Å². The van der Waals surface area contributed by atoms with Gasteiger partial charge in [0.25, 0.3) is 0 Å². The summed E-state index contributed by atoms with van der Waals surface area (Å²) in [6, 6.07) is 9.80. The SMILES string of the molecule is Cc1nc(-c2ccc(Cl)cc2)sc1C(C#N)O[Si](C)(C)C. The predicted octanol–water partition coefficient (Wildman–Crippen LogP) is 5.19. The van der Waals surface area contributed by atoms with Crippen LogP contribution in [0.1, 0.15) is 16.7 Å². The molecule has 1 aromatic carbocycles. The van der Waals surface area contributed by atoms with Gasteiger partial charge in [-0.1, -0.05) is 23.7 Å². The predicted molar refractivity (Wildman–Crippen MR) is 90.1 cm³/mol. The molecule has 1 atom stereocenters. The first-order valence-electron chi connectivity index (χ1n) is 6.61. The summed E-state index contributed by atoms with van der Waals surface area (Å²) >= 11 is 7.42. The minimum Gasteiger partial charge on any atom is -0.398 e. The first kappa shape index (κ1) is 16.2. The Morgan fingerprint density at radius 3 is 2.43 bits per heavy atom. The van der Waals surface area contributed by atoms with E-state index >= 15 is 0 Å². The molecule has 0 fully saturated rings. The molecule has 0 radical (unpaired) electrons. The molecule has 2 rings (SSSR count). The Balaban J connectivity index is 2.34. The molecule has 0 aliphatic rings. The second-order valence-corrected chi connectivity index (χ2v) is 11.6. The lowest BCUT2D eigenvalue weighted by molar-refractivity contribution is 0.258. The summed E-state index contributed by atoms with van der Waals surface area (Å²) < 4.78 is 5.95. The maximum absolute atomic E-state index is 9.39. The van der Waals surface area contributed by atoms with Crippen molar-refractivity contribution in [2.45, 2.75) is 32.7 Å². The lowest BCUT2D eigenvalue weighted by Gasteiger charge is -2.20. The van der Waals surface area contributed by atoms with Crippen LogP contribution >= 0.6 is 22.9 Å². The van der Waals surface area contributed by atoms with E-state index in [4.69, 9.17) is 16.0 Å². The fourth-order valence-corrected chi connectivity index (χ4v) is 3.99. The standard InChI is InChI=1S/C15H17ClN2OSSi/c1-10-14(13(9-17)19-21(2,3)4)20-15(18-10)11-5-7-12(16)8-6-11/h5-8,13H,1-4H3. The van der Waals surface area contributed by atoms with Gasteiger partial charge in [0.05, 0.1) is 16.6 Å². The maximum atomic E-state index is 9.39. The number of hydrogen-bond acceptors (Lipinski definition) is 4. The average molecular weight is 337 g/mol. The molecular weight excluding hydrogens is 320 g/mol. The first-order valence-corrected chi connectivity index (χ1v) is 11.2. The van der Waals surface area contributed by atoms with Gasteiger partial charge in [-0.05, 0) is 38.7 Å². The van der Waals surface area contributed by atoms with Crippen LogP contribution in [0.3, 0.4) is 0 Å². The van der Waals surface area contributed by atoms with Crippen molar-refractivity contribution in [2.24, 2.45) is 0 Å². The van der Waals surface area contributed by atoms with Gasteiger partial charge in [-0.3, -0.25) is 0 Å². The molecule has 1 aromatic heterocycles. The molecule has 1 unspecified atom stereocenters. The highest BCUT2D eigenvalue weighted by atomic mass is 35.5. The molecule has 0 saturated heterocycles. The topological polar surface area (TPSA) is 45.9 Å². The summed E-state index contributed by atoms with van der Waals surface area (Å²) in [6.07, 6.45) is -0.532. The van der Waals surface area contributed by atoms with Crippen molar-refractivity contribution in [3.05, 3.63) is 39.9 Å². The van der Waals surface area contributed by atoms with E-state index < -0.39 is 14.4 Å². The summed E-state index contributed by atoms with van der Waals surface area (Å²) in [6.45, 7) is 8.15. The van der Waals surface area contributed by atoms with E-state index in [0.29, 0.717) is 5.02 Å². The van der Waals surface area contributed by atoms with Gasteiger partial charge < -0.3 is 4.43 Å². The molecule has 0 aliphatic heterocycles. The van der Waals surface area contributed by atoms with Crippen LogP contribution in [0.2, 0.25) is 24.7 Å². The summed E-state index contributed by atoms with van der Waals surface area (Å²) in [5.74, 6) is 0. The summed E-state index contributed by atoms with van der Waals surface area (Å²) in [5, 5.41) is 11.0. The second kappa shape index (κ2) is 6.28. The van der Waals surface area contributed by atoms with Crippen molar-refractivity contribution in [1.29, 1.82) is 5.26 Å². The number of benzene rings is 1. The number of thiazole rings is 1. The Morgan fingerprint density at radius 1 is 1.29 bits per heavy atom. The van der Waals surface area contributed by atoms with Crippen molar-refractivity contribution in [2.75, 3.05) is 0 Å². The molecule has 0 N–H and O–H groups in total. The van der Waals surface area contributed by atoms with Crippen LogP contribution in [0.25, 0.3) is 10.6 Å². The van der Waals surface area contributed by atoms with Crippen LogP contribution in [-0.4, -0.2) is 13.3 Å². The first-order chi connectivity index (χ1) is 9.80. The molecule has 6 heteroatoms. The van der Waals surface area contributed by atoms with E-state index in [0.717, 1.165) is 21.1 Å². The van der Waals surface area contributed by atoms with Crippen molar-refractivity contribution >= 4 is 31.3 Å². The molecule has 0 spiro atoms. The zero-order valence-corrected chi connectivity index (χ0v) is 15.0. The number of halogens is 1. The number of nitriles is 1. The lowest BCUT2D eigenvalue weighted by atomic mass is 10.2. The van der Waals surface area contributed by atoms with Crippen LogP contribution in [-0.2, 0) is 4.43 Å². The minimum absolute atomic E-state index is 0.532. The Morgan fingerprint density at radius 2 is 1.90 bits per heavy atom. The summed E-state index contributed by atoms with van der Waals surface area (Å²) in [4.78, 5) is 5.46. The molecule has 0 saturated carbocycles. The van der Waals surface area contributed by atoms with Gasteiger partial charge in [-0.25, -0.2) is 4.98 Å². The minimum atomic E-state index is -1.79. The Bertz CT molecular complexity index is 670. The third kappa shape index (κ3) is 4.14. The monoisotopic (exact) mass is 336 g/mol. The molecular formula is C15H17ClN2OSSi. The van der Waals surface area contributed by atoms with Crippen molar-refractivity contribution in [1.82, 2.24) is 4.98 Å². The van der Waals surface area contributed by atoms with Crippen LogP contribution in [0.4, 0.5) is 0 Å². The highest BCUT2D eigenvalue weighted by Crippen LogP contribution is 2.34. The van der Waals surface area contributed by atoms with E-state index in [2.05, 4.69) is 30.7 Å². The molecule has 0 amide bonds. The zero-order valence-electron chi connectivity index (χ0n) is 12.5. The molecule has 3 nitrogen and oxygen atoms in total. The van der Waals surface area contributed by atoms with Gasteiger partial charge >= 0.3 is 0 Å². The van der Waals surface area contributed by atoms with Gasteiger partial charge in [-0.2, -0.15) is 5.26 Å². The fourth-order valence-electron chi connectivity index (χ4n) is 1.86. The van der Waals surface area contributed by atoms with E-state index in [1.165, 1.54) is 11.3 Å². The number of rotatable bonds is 4. The molecule has 21 heavy (non-hydrogen) atoms. The second-order valence-electron chi connectivity index (χ2n) is 5.71. The highest BCUT2D eigenvalue weighted by Gasteiger charge is 2.26. The Labute approximate surface area is 135 Å². The summed E-state index contributed by atoms with van der Waals surface area (Å²) in [7, 11) is -1.79. The third-order valence-corrected chi connectivity index (χ3v) is 5.19. The van der Waals surface area contributed by atoms with Crippen LogP contribution in [0, 0.1) is 18.3 Å². The maximum Gasteiger partial charge on any atom is 0.186 e. The van der Waals surface area contributed by atoms with Crippen LogP contribution in [0.5, 0.6) is 0 Å². The number of aromatic nitrogens is 1. The van der Waals surface area contributed by atoms with Gasteiger partial charge in [0, 0.05) is 10.6 Å². The zero-order chi connectivity index (χ0) is 15.6. The third-order valence-electron chi connectivity index (χ3n) is 2.75. The van der Waals surface area contributed by atoms with Crippen LogP contribution in [0.15, 0.2) is 24.3 Å². The van der Waals surface area contributed by atoms with Gasteiger partial charge in [0.1, 0.15) is 5.01 Å².